The maximum Gasteiger partial charge on any atom is 0.318 e. The highest BCUT2D eigenvalue weighted by molar-refractivity contribution is 7.89. The summed E-state index contributed by atoms with van der Waals surface area (Å²) < 4.78 is 22.9. The standard InChI is InChI=1S/C5H9NO4S/c7-5(8)4-6-2-1-3-11(6,9)10/h1-4H2,(H,7,8). The lowest BCUT2D eigenvalue weighted by Crippen LogP contribution is -2.31. The molecule has 6 heteroatoms. The summed E-state index contributed by atoms with van der Waals surface area (Å²) in [6.07, 6.45) is 0.537. The summed E-state index contributed by atoms with van der Waals surface area (Å²) in [5.41, 5.74) is 0. The zero-order chi connectivity index (χ0) is 8.48. The van der Waals surface area contributed by atoms with E-state index in [-0.39, 0.29) is 5.75 Å². The highest BCUT2D eigenvalue weighted by Crippen LogP contribution is 2.11. The SMILES string of the molecule is O=C(O)CN1CCCS1(=O)=O. The van der Waals surface area contributed by atoms with Crippen molar-refractivity contribution in [1.82, 2.24) is 4.31 Å². The minimum absolute atomic E-state index is 0.0836. The van der Waals surface area contributed by atoms with E-state index in [0.717, 1.165) is 4.31 Å². The quantitative estimate of drug-likeness (QED) is 0.596. The first-order valence-corrected chi connectivity index (χ1v) is 4.83. The summed E-state index contributed by atoms with van der Waals surface area (Å²) in [4.78, 5) is 10.1. The molecule has 1 fully saturated rings. The Kier molecular flexibility index (Phi) is 2.15. The van der Waals surface area contributed by atoms with Crippen LogP contribution in [0, 0.1) is 0 Å². The summed E-state index contributed by atoms with van der Waals surface area (Å²) in [5, 5.41) is 8.30. The Balaban J connectivity index is 2.66. The van der Waals surface area contributed by atoms with Gasteiger partial charge in [-0.05, 0) is 6.42 Å². The number of hydrogen-bond donors (Lipinski definition) is 1. The Bertz CT molecular complexity index is 258. The van der Waals surface area contributed by atoms with Crippen molar-refractivity contribution >= 4 is 16.0 Å². The molecule has 1 heterocycles. The zero-order valence-electron chi connectivity index (χ0n) is 5.86. The molecule has 64 valence electrons. The van der Waals surface area contributed by atoms with Gasteiger partial charge in [0.1, 0.15) is 6.54 Å². The molecule has 1 aliphatic rings. The van der Waals surface area contributed by atoms with Crippen LogP contribution in [0.1, 0.15) is 6.42 Å². The molecule has 0 spiro atoms. The van der Waals surface area contributed by atoms with Crippen LogP contribution in [0.25, 0.3) is 0 Å². The van der Waals surface area contributed by atoms with E-state index in [1.54, 1.807) is 0 Å². The van der Waals surface area contributed by atoms with Crippen molar-refractivity contribution in [3.05, 3.63) is 0 Å². The predicted molar refractivity (Wildman–Crippen MR) is 37.6 cm³/mol. The molecule has 0 amide bonds. The molecule has 11 heavy (non-hydrogen) atoms. The Morgan fingerprint density at radius 3 is 2.55 bits per heavy atom. The van der Waals surface area contributed by atoms with Gasteiger partial charge in [-0.1, -0.05) is 0 Å². The molecule has 0 atom stereocenters. The van der Waals surface area contributed by atoms with E-state index >= 15 is 0 Å². The molecule has 0 aromatic carbocycles. The fourth-order valence-corrected chi connectivity index (χ4v) is 2.49. The van der Waals surface area contributed by atoms with Crippen LogP contribution < -0.4 is 0 Å². The van der Waals surface area contributed by atoms with E-state index in [0.29, 0.717) is 13.0 Å². The minimum atomic E-state index is -3.23. The summed E-state index contributed by atoms with van der Waals surface area (Å²) in [7, 11) is -3.23. The van der Waals surface area contributed by atoms with Crippen molar-refractivity contribution in [2.75, 3.05) is 18.8 Å². The van der Waals surface area contributed by atoms with Gasteiger partial charge in [0.25, 0.3) is 0 Å². The molecule has 0 radical (unpaired) electrons. The van der Waals surface area contributed by atoms with Crippen LogP contribution in [0.4, 0.5) is 0 Å². The zero-order valence-corrected chi connectivity index (χ0v) is 6.67. The van der Waals surface area contributed by atoms with Crippen molar-refractivity contribution in [2.45, 2.75) is 6.42 Å². The first-order valence-electron chi connectivity index (χ1n) is 3.22. The summed E-state index contributed by atoms with van der Waals surface area (Å²) in [6.45, 7) is -0.0586. The maximum atomic E-state index is 11.0. The Hall–Kier alpha value is -0.620. The van der Waals surface area contributed by atoms with E-state index in [2.05, 4.69) is 0 Å². The lowest BCUT2D eigenvalue weighted by Gasteiger charge is -2.09. The number of sulfonamides is 1. The van der Waals surface area contributed by atoms with Crippen LogP contribution >= 0.6 is 0 Å². The lowest BCUT2D eigenvalue weighted by atomic mass is 10.5. The first-order chi connectivity index (χ1) is 5.02. The van der Waals surface area contributed by atoms with Crippen molar-refractivity contribution < 1.29 is 18.3 Å². The van der Waals surface area contributed by atoms with Crippen LogP contribution in [-0.2, 0) is 14.8 Å². The van der Waals surface area contributed by atoms with Gasteiger partial charge in [-0.25, -0.2) is 8.42 Å². The fraction of sp³-hybridized carbons (Fsp3) is 0.800. The van der Waals surface area contributed by atoms with E-state index < -0.39 is 22.5 Å². The molecule has 5 nitrogen and oxygen atoms in total. The average molecular weight is 179 g/mol. The van der Waals surface area contributed by atoms with Gasteiger partial charge < -0.3 is 5.11 Å². The van der Waals surface area contributed by atoms with Gasteiger partial charge in [-0.3, -0.25) is 4.79 Å². The minimum Gasteiger partial charge on any atom is -0.480 e. The number of nitrogens with zero attached hydrogens (tertiary/aromatic N) is 1. The van der Waals surface area contributed by atoms with Gasteiger partial charge in [0, 0.05) is 6.54 Å². The van der Waals surface area contributed by atoms with Crippen LogP contribution in [0.15, 0.2) is 0 Å². The molecule has 1 aliphatic heterocycles. The molecule has 0 saturated carbocycles. The second kappa shape index (κ2) is 2.78. The Morgan fingerprint density at radius 1 is 1.55 bits per heavy atom. The molecule has 0 aliphatic carbocycles. The summed E-state index contributed by atoms with van der Waals surface area (Å²) in [6, 6.07) is 0. The third kappa shape index (κ3) is 1.90. The third-order valence-electron chi connectivity index (χ3n) is 1.51. The molecule has 1 saturated heterocycles. The predicted octanol–water partition coefficient (Wildman–Crippen LogP) is -0.893. The second-order valence-electron chi connectivity index (χ2n) is 2.40. The monoisotopic (exact) mass is 179 g/mol. The Labute approximate surface area is 64.7 Å². The molecule has 0 aromatic heterocycles. The maximum absolute atomic E-state index is 11.0. The van der Waals surface area contributed by atoms with Crippen LogP contribution in [0.5, 0.6) is 0 Å². The number of carbonyl (C=O) groups is 1. The van der Waals surface area contributed by atoms with E-state index in [4.69, 9.17) is 5.11 Å². The summed E-state index contributed by atoms with van der Waals surface area (Å²) >= 11 is 0. The molecule has 1 N–H and O–H groups in total. The highest BCUT2D eigenvalue weighted by atomic mass is 32.2. The van der Waals surface area contributed by atoms with Gasteiger partial charge in [-0.15, -0.1) is 0 Å². The second-order valence-corrected chi connectivity index (χ2v) is 4.49. The number of carboxylic acids is 1. The van der Waals surface area contributed by atoms with E-state index in [1.165, 1.54) is 0 Å². The highest BCUT2D eigenvalue weighted by Gasteiger charge is 2.29. The van der Waals surface area contributed by atoms with Gasteiger partial charge in [0.05, 0.1) is 5.75 Å². The Morgan fingerprint density at radius 2 is 2.18 bits per heavy atom. The molecule has 0 unspecified atom stereocenters. The van der Waals surface area contributed by atoms with Gasteiger partial charge >= 0.3 is 5.97 Å². The van der Waals surface area contributed by atoms with Crippen molar-refractivity contribution in [3.63, 3.8) is 0 Å². The third-order valence-corrected chi connectivity index (χ3v) is 3.42. The van der Waals surface area contributed by atoms with E-state index in [1.807, 2.05) is 0 Å². The molecule has 1 rings (SSSR count). The molecular formula is C5H9NO4S. The fourth-order valence-electron chi connectivity index (χ4n) is 1.02. The van der Waals surface area contributed by atoms with E-state index in [9.17, 15) is 13.2 Å². The van der Waals surface area contributed by atoms with Crippen LogP contribution in [-0.4, -0.2) is 42.6 Å². The smallest absolute Gasteiger partial charge is 0.318 e. The van der Waals surface area contributed by atoms with Gasteiger partial charge in [0.2, 0.25) is 10.0 Å². The van der Waals surface area contributed by atoms with Crippen LogP contribution in [0.2, 0.25) is 0 Å². The van der Waals surface area contributed by atoms with Gasteiger partial charge in [0.15, 0.2) is 0 Å². The van der Waals surface area contributed by atoms with Gasteiger partial charge in [-0.2, -0.15) is 4.31 Å². The number of aliphatic carboxylic acids is 1. The molecular weight excluding hydrogens is 170 g/mol. The largest absolute Gasteiger partial charge is 0.480 e. The molecule has 0 aromatic rings. The van der Waals surface area contributed by atoms with Crippen molar-refractivity contribution in [2.24, 2.45) is 0 Å². The van der Waals surface area contributed by atoms with Crippen LogP contribution in [0.3, 0.4) is 0 Å². The average Bonchev–Trinajstić information content (AvgIpc) is 2.10. The molecule has 0 bridgehead atoms. The first kappa shape index (κ1) is 8.48. The number of rotatable bonds is 2. The lowest BCUT2D eigenvalue weighted by molar-refractivity contribution is -0.137. The summed E-state index contributed by atoms with van der Waals surface area (Å²) in [5.74, 6) is -1.02. The van der Waals surface area contributed by atoms with Crippen molar-refractivity contribution in [3.8, 4) is 0 Å². The number of carboxylic acid groups (broad SMARTS) is 1. The van der Waals surface area contributed by atoms with Crippen molar-refractivity contribution in [1.29, 1.82) is 0 Å². The number of hydrogen-bond acceptors (Lipinski definition) is 3. The normalized spacial score (nSPS) is 23.6. The topological polar surface area (TPSA) is 74.7 Å².